The van der Waals surface area contributed by atoms with Gasteiger partial charge in [0.05, 0.1) is 18.5 Å². The molecule has 0 aliphatic heterocycles. The lowest BCUT2D eigenvalue weighted by atomic mass is 9.93. The van der Waals surface area contributed by atoms with Gasteiger partial charge < -0.3 is 21.1 Å². The fourth-order valence-corrected chi connectivity index (χ4v) is 1.67. The Bertz CT molecular complexity index is 416. The van der Waals surface area contributed by atoms with Gasteiger partial charge in [-0.2, -0.15) is 0 Å². The Morgan fingerprint density at radius 3 is 2.82 bits per heavy atom. The maximum Gasteiger partial charge on any atom is 0.319 e. The Hall–Kier alpha value is -1.91. The molecule has 0 atom stereocenters. The number of nitrogens with two attached hydrogens (primary N) is 1. The van der Waals surface area contributed by atoms with Gasteiger partial charge in [0.1, 0.15) is 5.75 Å². The molecule has 2 amide bonds. The molecule has 1 fully saturated rings. The summed E-state index contributed by atoms with van der Waals surface area (Å²) in [5.41, 5.74) is 6.86. The lowest BCUT2D eigenvalue weighted by Crippen LogP contribution is -2.41. The molecule has 0 heterocycles. The number of carbonyl (C=O) groups is 1. The number of nitrogen functional groups attached to an aromatic ring is 1. The molecule has 0 spiro atoms. The highest BCUT2D eigenvalue weighted by Gasteiger charge is 2.19. The van der Waals surface area contributed by atoms with E-state index in [-0.39, 0.29) is 6.03 Å². The van der Waals surface area contributed by atoms with Crippen molar-refractivity contribution in [2.24, 2.45) is 0 Å². The summed E-state index contributed by atoms with van der Waals surface area (Å²) in [6, 6.07) is 5.26. The highest BCUT2D eigenvalue weighted by molar-refractivity contribution is 5.93. The van der Waals surface area contributed by atoms with E-state index in [1.165, 1.54) is 6.42 Å². The van der Waals surface area contributed by atoms with Crippen molar-refractivity contribution in [2.75, 3.05) is 18.2 Å². The normalized spacial score (nSPS) is 14.9. The quantitative estimate of drug-likeness (QED) is 0.701. The summed E-state index contributed by atoms with van der Waals surface area (Å²) in [4.78, 5) is 11.6. The molecule has 92 valence electrons. The van der Waals surface area contributed by atoms with Gasteiger partial charge in [-0.3, -0.25) is 0 Å². The number of rotatable bonds is 3. The molecule has 1 aliphatic carbocycles. The summed E-state index contributed by atoms with van der Waals surface area (Å²) in [6.45, 7) is 0. The molecule has 1 saturated carbocycles. The molecule has 5 heteroatoms. The molecule has 1 aromatic rings. The van der Waals surface area contributed by atoms with Gasteiger partial charge in [0.15, 0.2) is 0 Å². The first-order valence-electron chi connectivity index (χ1n) is 5.70. The van der Waals surface area contributed by atoms with Crippen LogP contribution in [0.1, 0.15) is 19.3 Å². The first-order valence-corrected chi connectivity index (χ1v) is 5.70. The van der Waals surface area contributed by atoms with Crippen LogP contribution >= 0.6 is 0 Å². The molecule has 1 aromatic carbocycles. The molecular weight excluding hydrogens is 218 g/mol. The number of hydrogen-bond acceptors (Lipinski definition) is 3. The molecule has 0 aromatic heterocycles. The van der Waals surface area contributed by atoms with Gasteiger partial charge in [-0.25, -0.2) is 4.79 Å². The number of benzene rings is 1. The first-order chi connectivity index (χ1) is 8.19. The summed E-state index contributed by atoms with van der Waals surface area (Å²) in [7, 11) is 1.57. The van der Waals surface area contributed by atoms with E-state index < -0.39 is 0 Å². The van der Waals surface area contributed by atoms with Crippen LogP contribution in [0.5, 0.6) is 5.75 Å². The minimum absolute atomic E-state index is 0.213. The summed E-state index contributed by atoms with van der Waals surface area (Å²) >= 11 is 0. The monoisotopic (exact) mass is 235 g/mol. The number of ether oxygens (including phenoxy) is 1. The van der Waals surface area contributed by atoms with Crippen LogP contribution < -0.4 is 21.1 Å². The molecule has 5 nitrogen and oxygen atoms in total. The number of urea groups is 1. The number of nitrogens with one attached hydrogen (secondary N) is 2. The van der Waals surface area contributed by atoms with Crippen molar-refractivity contribution in [3.8, 4) is 5.75 Å². The molecule has 1 aliphatic rings. The third-order valence-corrected chi connectivity index (χ3v) is 2.95. The van der Waals surface area contributed by atoms with Gasteiger partial charge in [0, 0.05) is 12.1 Å². The van der Waals surface area contributed by atoms with E-state index in [2.05, 4.69) is 10.6 Å². The van der Waals surface area contributed by atoms with Crippen molar-refractivity contribution < 1.29 is 9.53 Å². The molecule has 0 bridgehead atoms. The van der Waals surface area contributed by atoms with Gasteiger partial charge in [-0.15, -0.1) is 0 Å². The van der Waals surface area contributed by atoms with Gasteiger partial charge in [0.25, 0.3) is 0 Å². The van der Waals surface area contributed by atoms with E-state index in [0.717, 1.165) is 12.8 Å². The van der Waals surface area contributed by atoms with Crippen LogP contribution in [0.25, 0.3) is 0 Å². The van der Waals surface area contributed by atoms with Gasteiger partial charge in [-0.05, 0) is 31.4 Å². The number of hydrogen-bond donors (Lipinski definition) is 3. The lowest BCUT2D eigenvalue weighted by molar-refractivity contribution is 0.240. The van der Waals surface area contributed by atoms with Crippen LogP contribution in [0.15, 0.2) is 18.2 Å². The highest BCUT2D eigenvalue weighted by Crippen LogP contribution is 2.24. The van der Waals surface area contributed by atoms with Crippen molar-refractivity contribution in [2.45, 2.75) is 25.3 Å². The van der Waals surface area contributed by atoms with Crippen molar-refractivity contribution >= 4 is 17.4 Å². The van der Waals surface area contributed by atoms with Gasteiger partial charge in [-0.1, -0.05) is 0 Å². The van der Waals surface area contributed by atoms with E-state index in [9.17, 15) is 4.79 Å². The zero-order chi connectivity index (χ0) is 12.3. The molecule has 4 N–H and O–H groups in total. The largest absolute Gasteiger partial charge is 0.497 e. The zero-order valence-corrected chi connectivity index (χ0v) is 9.82. The van der Waals surface area contributed by atoms with Crippen molar-refractivity contribution in [3.63, 3.8) is 0 Å². The Balaban J connectivity index is 1.98. The van der Waals surface area contributed by atoms with Crippen molar-refractivity contribution in [1.29, 1.82) is 0 Å². The smallest absolute Gasteiger partial charge is 0.319 e. The average Bonchev–Trinajstić information content (AvgIpc) is 2.27. The Morgan fingerprint density at radius 1 is 1.47 bits per heavy atom. The maximum absolute atomic E-state index is 11.6. The molecule has 2 rings (SSSR count). The summed E-state index contributed by atoms with van der Waals surface area (Å²) < 4.78 is 5.08. The van der Waals surface area contributed by atoms with Crippen LogP contribution in [0.4, 0.5) is 16.2 Å². The second-order valence-electron chi connectivity index (χ2n) is 4.18. The minimum atomic E-state index is -0.213. The van der Waals surface area contributed by atoms with Crippen LogP contribution in [0, 0.1) is 0 Å². The molecule has 0 saturated heterocycles. The van der Waals surface area contributed by atoms with Gasteiger partial charge in [0.2, 0.25) is 0 Å². The molecule has 17 heavy (non-hydrogen) atoms. The number of anilines is 2. The van der Waals surface area contributed by atoms with Crippen molar-refractivity contribution in [3.05, 3.63) is 18.2 Å². The van der Waals surface area contributed by atoms with E-state index in [1.54, 1.807) is 25.3 Å². The van der Waals surface area contributed by atoms with E-state index in [1.807, 2.05) is 0 Å². The SMILES string of the molecule is COc1ccc(N)c(NC(=O)NC2CCC2)c1. The third kappa shape index (κ3) is 2.81. The molecule has 0 unspecified atom stereocenters. The summed E-state index contributed by atoms with van der Waals surface area (Å²) in [6.07, 6.45) is 3.30. The number of carbonyl (C=O) groups excluding carboxylic acids is 1. The highest BCUT2D eigenvalue weighted by atomic mass is 16.5. The predicted octanol–water partition coefficient (Wildman–Crippen LogP) is 1.95. The van der Waals surface area contributed by atoms with E-state index >= 15 is 0 Å². The van der Waals surface area contributed by atoms with Gasteiger partial charge >= 0.3 is 6.03 Å². The fraction of sp³-hybridized carbons (Fsp3) is 0.417. The Morgan fingerprint density at radius 2 is 2.24 bits per heavy atom. The van der Waals surface area contributed by atoms with Crippen molar-refractivity contribution in [1.82, 2.24) is 5.32 Å². The average molecular weight is 235 g/mol. The van der Waals surface area contributed by atoms with Crippen LogP contribution in [0.2, 0.25) is 0 Å². The molecular formula is C12H17N3O2. The Kier molecular flexibility index (Phi) is 3.37. The second kappa shape index (κ2) is 4.95. The Labute approximate surface area is 100 Å². The third-order valence-electron chi connectivity index (χ3n) is 2.95. The lowest BCUT2D eigenvalue weighted by Gasteiger charge is -2.26. The van der Waals surface area contributed by atoms with Crippen LogP contribution in [-0.2, 0) is 0 Å². The van der Waals surface area contributed by atoms with E-state index in [0.29, 0.717) is 23.2 Å². The predicted molar refractivity (Wildman–Crippen MR) is 67.2 cm³/mol. The van der Waals surface area contributed by atoms with Crippen LogP contribution in [0.3, 0.4) is 0 Å². The fourth-order valence-electron chi connectivity index (χ4n) is 1.67. The zero-order valence-electron chi connectivity index (χ0n) is 9.82. The number of methoxy groups -OCH3 is 1. The number of amides is 2. The summed E-state index contributed by atoms with van der Waals surface area (Å²) in [5.74, 6) is 0.665. The first kappa shape index (κ1) is 11.6. The summed E-state index contributed by atoms with van der Waals surface area (Å²) in [5, 5.41) is 5.61. The molecule has 0 radical (unpaired) electrons. The standard InChI is InChI=1S/C12H17N3O2/c1-17-9-5-6-10(13)11(7-9)15-12(16)14-8-3-2-4-8/h5-8H,2-4,13H2,1H3,(H2,14,15,16). The maximum atomic E-state index is 11.6. The van der Waals surface area contributed by atoms with E-state index in [4.69, 9.17) is 10.5 Å². The minimum Gasteiger partial charge on any atom is -0.497 e. The van der Waals surface area contributed by atoms with Crippen LogP contribution in [-0.4, -0.2) is 19.2 Å². The second-order valence-corrected chi connectivity index (χ2v) is 4.18. The topological polar surface area (TPSA) is 76.4 Å².